The topological polar surface area (TPSA) is 72.5 Å². The second kappa shape index (κ2) is 8.25. The van der Waals surface area contributed by atoms with Crippen LogP contribution in [0, 0.1) is 0 Å². The van der Waals surface area contributed by atoms with E-state index in [1.165, 1.54) is 6.92 Å². The Kier molecular flexibility index (Phi) is 7.05. The predicted octanol–water partition coefficient (Wildman–Crippen LogP) is 3.01. The molecule has 0 unspecified atom stereocenters. The van der Waals surface area contributed by atoms with E-state index < -0.39 is 52.1 Å². The average molecular weight is 407 g/mol. The minimum absolute atomic E-state index is 0.194. The van der Waals surface area contributed by atoms with Gasteiger partial charge < -0.3 is 4.74 Å². The van der Waals surface area contributed by atoms with Crippen molar-refractivity contribution in [3.05, 3.63) is 35.4 Å². The number of rotatable bonds is 7. The van der Waals surface area contributed by atoms with Gasteiger partial charge in [-0.15, -0.1) is 0 Å². The molecule has 0 saturated heterocycles. The van der Waals surface area contributed by atoms with Crippen LogP contribution in [0.1, 0.15) is 24.5 Å². The number of carbonyl (C=O) groups is 1. The van der Waals surface area contributed by atoms with E-state index in [2.05, 4.69) is 4.74 Å². The van der Waals surface area contributed by atoms with Gasteiger partial charge in [-0.25, -0.2) is 13.1 Å². The molecule has 0 saturated carbocycles. The summed E-state index contributed by atoms with van der Waals surface area (Å²) < 4.78 is 107. The molecule has 0 bridgehead atoms. The van der Waals surface area contributed by atoms with Crippen molar-refractivity contribution in [2.45, 2.75) is 37.5 Å². The fraction of sp³-hybridized carbons (Fsp3) is 0.500. The van der Waals surface area contributed by atoms with Crippen molar-refractivity contribution in [1.29, 1.82) is 0 Å². The van der Waals surface area contributed by atoms with Gasteiger partial charge in [-0.3, -0.25) is 4.79 Å². The first-order valence-corrected chi connectivity index (χ1v) is 8.69. The molecule has 0 aliphatic carbocycles. The van der Waals surface area contributed by atoms with Crippen molar-refractivity contribution in [2.24, 2.45) is 0 Å². The first-order chi connectivity index (χ1) is 11.8. The van der Waals surface area contributed by atoms with Crippen LogP contribution in [0.15, 0.2) is 24.3 Å². The number of sulfonamides is 1. The molecule has 0 aromatic heterocycles. The van der Waals surface area contributed by atoms with Crippen LogP contribution in [0.4, 0.5) is 26.3 Å². The summed E-state index contributed by atoms with van der Waals surface area (Å²) in [7, 11) is -5.10. The Bertz CT molecular complexity index is 730. The van der Waals surface area contributed by atoms with Gasteiger partial charge in [0.2, 0.25) is 10.0 Å². The van der Waals surface area contributed by atoms with Gasteiger partial charge in [0.15, 0.2) is 5.25 Å². The van der Waals surface area contributed by atoms with Gasteiger partial charge in [0, 0.05) is 6.54 Å². The number of hydrogen-bond donors (Lipinski definition) is 1. The lowest BCUT2D eigenvalue weighted by Gasteiger charge is -2.20. The number of ether oxygens (including phenoxy) is 1. The number of hydrogen-bond acceptors (Lipinski definition) is 4. The fourth-order valence-corrected chi connectivity index (χ4v) is 3.19. The summed E-state index contributed by atoms with van der Waals surface area (Å²) in [6, 6.07) is 3.45. The fourth-order valence-electron chi connectivity index (χ4n) is 1.91. The molecule has 1 rings (SSSR count). The average Bonchev–Trinajstić information content (AvgIpc) is 2.49. The van der Waals surface area contributed by atoms with Crippen LogP contribution < -0.4 is 4.72 Å². The third-order valence-electron chi connectivity index (χ3n) is 3.13. The van der Waals surface area contributed by atoms with E-state index in [9.17, 15) is 39.6 Å². The summed E-state index contributed by atoms with van der Waals surface area (Å²) in [5.74, 6) is -1.36. The largest absolute Gasteiger partial charge is 0.466 e. The minimum Gasteiger partial charge on any atom is -0.466 e. The molecule has 1 aromatic carbocycles. The van der Waals surface area contributed by atoms with Crippen molar-refractivity contribution in [2.75, 3.05) is 6.61 Å². The second-order valence-electron chi connectivity index (χ2n) is 5.10. The third kappa shape index (κ3) is 6.48. The lowest BCUT2D eigenvalue weighted by molar-refractivity contribution is -0.155. The van der Waals surface area contributed by atoms with Crippen LogP contribution in [0.2, 0.25) is 0 Å². The number of carbonyl (C=O) groups excluding carboxylic acids is 1. The van der Waals surface area contributed by atoms with E-state index in [1.807, 2.05) is 0 Å². The number of esters is 1. The second-order valence-corrected chi connectivity index (χ2v) is 7.05. The first-order valence-electron chi connectivity index (χ1n) is 7.14. The van der Waals surface area contributed by atoms with Crippen LogP contribution in [-0.4, -0.2) is 32.4 Å². The molecule has 0 fully saturated rings. The quantitative estimate of drug-likeness (QED) is 0.557. The number of nitrogens with one attached hydrogen (secondary N) is 1. The maximum absolute atomic E-state index is 13.0. The summed E-state index contributed by atoms with van der Waals surface area (Å²) in [6.45, 7) is 0.295. The van der Waals surface area contributed by atoms with Gasteiger partial charge in [0.25, 0.3) is 0 Å². The Balaban J connectivity index is 2.96. The van der Waals surface area contributed by atoms with E-state index in [4.69, 9.17) is 0 Å². The normalized spacial score (nSPS) is 14.1. The van der Waals surface area contributed by atoms with E-state index in [0.717, 1.165) is 18.2 Å². The predicted molar refractivity (Wildman–Crippen MR) is 78.3 cm³/mol. The monoisotopic (exact) mass is 407 g/mol. The van der Waals surface area contributed by atoms with Gasteiger partial charge in [0.1, 0.15) is 0 Å². The molecule has 1 aromatic rings. The summed E-state index contributed by atoms with van der Waals surface area (Å²) >= 11 is 0. The number of benzene rings is 1. The summed E-state index contributed by atoms with van der Waals surface area (Å²) in [5.41, 5.74) is -1.27. The molecule has 0 heterocycles. The number of alkyl halides is 6. The van der Waals surface area contributed by atoms with Crippen LogP contribution in [0.3, 0.4) is 0 Å². The zero-order chi connectivity index (χ0) is 20.2. The Morgan fingerprint density at radius 2 is 1.81 bits per heavy atom. The SMILES string of the molecule is CCOC(=O)C[C@@H](C(F)(F)F)S(=O)(=O)NCc1cccc(C(F)(F)F)c1. The maximum Gasteiger partial charge on any atom is 0.416 e. The Morgan fingerprint density at radius 3 is 2.31 bits per heavy atom. The maximum atomic E-state index is 13.0. The third-order valence-corrected chi connectivity index (χ3v) is 4.86. The van der Waals surface area contributed by atoms with Crippen LogP contribution in [0.25, 0.3) is 0 Å². The highest BCUT2D eigenvalue weighted by Gasteiger charge is 2.50. The Hall–Kier alpha value is -1.82. The van der Waals surface area contributed by atoms with Gasteiger partial charge in [0.05, 0.1) is 18.6 Å². The molecule has 0 aliphatic rings. The van der Waals surface area contributed by atoms with E-state index in [1.54, 1.807) is 4.72 Å². The van der Waals surface area contributed by atoms with E-state index >= 15 is 0 Å². The Morgan fingerprint density at radius 1 is 1.19 bits per heavy atom. The van der Waals surface area contributed by atoms with Crippen molar-refractivity contribution in [3.63, 3.8) is 0 Å². The van der Waals surface area contributed by atoms with Gasteiger partial charge in [-0.1, -0.05) is 18.2 Å². The van der Waals surface area contributed by atoms with Crippen molar-refractivity contribution in [3.8, 4) is 0 Å². The zero-order valence-electron chi connectivity index (χ0n) is 13.3. The van der Waals surface area contributed by atoms with Crippen molar-refractivity contribution >= 4 is 16.0 Å². The molecule has 148 valence electrons. The molecule has 0 amide bonds. The van der Waals surface area contributed by atoms with Gasteiger partial charge in [-0.2, -0.15) is 26.3 Å². The minimum atomic E-state index is -5.27. The highest BCUT2D eigenvalue weighted by molar-refractivity contribution is 7.90. The van der Waals surface area contributed by atoms with Crippen molar-refractivity contribution < 1.29 is 44.3 Å². The van der Waals surface area contributed by atoms with E-state index in [-0.39, 0.29) is 12.2 Å². The summed E-state index contributed by atoms with van der Waals surface area (Å²) in [5, 5.41) is -3.08. The van der Waals surface area contributed by atoms with E-state index in [0.29, 0.717) is 6.07 Å². The van der Waals surface area contributed by atoms with Crippen LogP contribution in [-0.2, 0) is 32.3 Å². The molecule has 0 radical (unpaired) electrons. The molecule has 0 spiro atoms. The lowest BCUT2D eigenvalue weighted by Crippen LogP contribution is -2.45. The molecule has 12 heteroatoms. The van der Waals surface area contributed by atoms with Gasteiger partial charge >= 0.3 is 18.3 Å². The number of halogens is 6. The van der Waals surface area contributed by atoms with Crippen LogP contribution >= 0.6 is 0 Å². The molecule has 26 heavy (non-hydrogen) atoms. The molecule has 0 aliphatic heterocycles. The lowest BCUT2D eigenvalue weighted by atomic mass is 10.1. The molecular weight excluding hydrogens is 392 g/mol. The standard InChI is InChI=1S/C14H15F6NO4S/c1-2-25-12(22)7-11(14(18,19)20)26(23,24)21-8-9-4-3-5-10(6-9)13(15,16)17/h3-6,11,21H,2,7-8H2,1H3/t11-/m0/s1. The Labute approximate surface area is 145 Å². The molecule has 5 nitrogen and oxygen atoms in total. The molecule has 1 N–H and O–H groups in total. The van der Waals surface area contributed by atoms with Crippen LogP contribution in [0.5, 0.6) is 0 Å². The highest BCUT2D eigenvalue weighted by atomic mass is 32.2. The smallest absolute Gasteiger partial charge is 0.416 e. The molecule has 1 atom stereocenters. The highest BCUT2D eigenvalue weighted by Crippen LogP contribution is 2.30. The summed E-state index contributed by atoms with van der Waals surface area (Å²) in [4.78, 5) is 11.2. The molecular formula is C14H15F6NO4S. The first kappa shape index (κ1) is 22.2. The summed E-state index contributed by atoms with van der Waals surface area (Å²) in [6.07, 6.45) is -11.4. The zero-order valence-corrected chi connectivity index (χ0v) is 14.1. The van der Waals surface area contributed by atoms with Gasteiger partial charge in [-0.05, 0) is 18.6 Å². The van der Waals surface area contributed by atoms with Crippen molar-refractivity contribution in [1.82, 2.24) is 4.72 Å².